The minimum atomic E-state index is -0.0983. The lowest BCUT2D eigenvalue weighted by atomic mass is 10.1. The predicted molar refractivity (Wildman–Crippen MR) is 105 cm³/mol. The van der Waals surface area contributed by atoms with Gasteiger partial charge in [-0.1, -0.05) is 24.3 Å². The fraction of sp³-hybridized carbons (Fsp3) is 0.143. The van der Waals surface area contributed by atoms with Crippen LogP contribution in [0, 0.1) is 0 Å². The molecule has 3 N–H and O–H groups in total. The van der Waals surface area contributed by atoms with Crippen molar-refractivity contribution < 1.29 is 4.79 Å². The molecule has 0 unspecified atom stereocenters. The fourth-order valence-electron chi connectivity index (χ4n) is 2.84. The Morgan fingerprint density at radius 3 is 2.58 bits per heavy atom. The van der Waals surface area contributed by atoms with E-state index in [0.29, 0.717) is 17.8 Å². The molecule has 1 aromatic heterocycles. The maximum absolute atomic E-state index is 12.2. The van der Waals surface area contributed by atoms with Crippen LogP contribution in [0.4, 0.5) is 17.1 Å². The molecule has 0 saturated carbocycles. The Kier molecular flexibility index (Phi) is 5.49. The summed E-state index contributed by atoms with van der Waals surface area (Å²) in [6.45, 7) is 3.28. The Hall–Kier alpha value is -3.34. The minimum Gasteiger partial charge on any atom is -0.397 e. The van der Waals surface area contributed by atoms with Crippen LogP contribution in [-0.2, 0) is 6.54 Å². The number of carbonyl (C=O) groups excluding carboxylic acids is 1. The van der Waals surface area contributed by atoms with Gasteiger partial charge in [0, 0.05) is 24.8 Å². The maximum atomic E-state index is 12.2. The highest BCUT2D eigenvalue weighted by atomic mass is 16.1. The van der Waals surface area contributed by atoms with E-state index in [2.05, 4.69) is 22.1 Å². The third-order valence-corrected chi connectivity index (χ3v) is 4.15. The summed E-state index contributed by atoms with van der Waals surface area (Å²) in [5, 5.41) is 2.92. The summed E-state index contributed by atoms with van der Waals surface area (Å²) < 4.78 is 0. The van der Waals surface area contributed by atoms with Gasteiger partial charge in [0.2, 0.25) is 0 Å². The number of nitrogens with zero attached hydrogens (tertiary/aromatic N) is 2. The van der Waals surface area contributed by atoms with E-state index in [1.54, 1.807) is 18.3 Å². The average Bonchev–Trinajstić information content (AvgIpc) is 2.69. The minimum absolute atomic E-state index is 0.0983. The third-order valence-electron chi connectivity index (χ3n) is 4.15. The number of nitrogens with one attached hydrogen (secondary N) is 1. The first kappa shape index (κ1) is 17.5. The zero-order valence-electron chi connectivity index (χ0n) is 14.7. The van der Waals surface area contributed by atoms with E-state index in [1.165, 1.54) is 0 Å². The predicted octanol–water partition coefficient (Wildman–Crippen LogP) is 3.75. The number of hydrogen-bond donors (Lipinski definition) is 2. The van der Waals surface area contributed by atoms with Crippen molar-refractivity contribution in [1.29, 1.82) is 0 Å². The molecule has 5 nitrogen and oxygen atoms in total. The first-order valence-electron chi connectivity index (χ1n) is 8.58. The molecular weight excluding hydrogens is 324 g/mol. The maximum Gasteiger partial charge on any atom is 0.251 e. The van der Waals surface area contributed by atoms with E-state index < -0.39 is 0 Å². The van der Waals surface area contributed by atoms with E-state index in [0.717, 1.165) is 23.5 Å². The van der Waals surface area contributed by atoms with E-state index in [1.807, 2.05) is 54.7 Å². The first-order chi connectivity index (χ1) is 12.7. The van der Waals surface area contributed by atoms with Crippen LogP contribution in [0.1, 0.15) is 22.8 Å². The quantitative estimate of drug-likeness (QED) is 0.667. The Balaban J connectivity index is 1.72. The molecule has 0 fully saturated rings. The van der Waals surface area contributed by atoms with Crippen LogP contribution in [-0.4, -0.2) is 17.4 Å². The molecule has 1 heterocycles. The molecule has 0 aliphatic carbocycles. The number of benzene rings is 2. The van der Waals surface area contributed by atoms with Crippen molar-refractivity contribution in [3.05, 3.63) is 84.2 Å². The number of pyridine rings is 1. The van der Waals surface area contributed by atoms with Gasteiger partial charge in [0.1, 0.15) is 0 Å². The van der Waals surface area contributed by atoms with Crippen LogP contribution < -0.4 is 16.0 Å². The molecule has 26 heavy (non-hydrogen) atoms. The number of carbonyl (C=O) groups is 1. The van der Waals surface area contributed by atoms with Gasteiger partial charge in [-0.2, -0.15) is 0 Å². The zero-order valence-corrected chi connectivity index (χ0v) is 14.7. The van der Waals surface area contributed by atoms with Crippen LogP contribution in [0.5, 0.6) is 0 Å². The van der Waals surface area contributed by atoms with Crippen molar-refractivity contribution in [2.45, 2.75) is 13.5 Å². The van der Waals surface area contributed by atoms with Gasteiger partial charge < -0.3 is 16.0 Å². The number of aromatic nitrogens is 1. The van der Waals surface area contributed by atoms with Gasteiger partial charge >= 0.3 is 0 Å². The lowest BCUT2D eigenvalue weighted by Gasteiger charge is -2.24. The van der Waals surface area contributed by atoms with Crippen molar-refractivity contribution in [3.63, 3.8) is 0 Å². The molecule has 3 aromatic rings. The third kappa shape index (κ3) is 4.00. The van der Waals surface area contributed by atoms with Crippen molar-refractivity contribution in [2.24, 2.45) is 0 Å². The van der Waals surface area contributed by atoms with Crippen molar-refractivity contribution in [1.82, 2.24) is 10.3 Å². The molecule has 1 amide bonds. The van der Waals surface area contributed by atoms with E-state index >= 15 is 0 Å². The second-order valence-electron chi connectivity index (χ2n) is 5.90. The SMILES string of the molecule is CCN(c1cccnc1)c1ccc(CNC(=O)c2ccccc2)cc1N. The van der Waals surface area contributed by atoms with E-state index in [-0.39, 0.29) is 5.91 Å². The molecule has 0 aliphatic heterocycles. The molecule has 0 aliphatic rings. The second-order valence-corrected chi connectivity index (χ2v) is 5.90. The summed E-state index contributed by atoms with van der Waals surface area (Å²) in [7, 11) is 0. The Labute approximate surface area is 153 Å². The summed E-state index contributed by atoms with van der Waals surface area (Å²) in [6, 6.07) is 18.9. The molecule has 3 rings (SSSR count). The lowest BCUT2D eigenvalue weighted by molar-refractivity contribution is 0.0951. The average molecular weight is 346 g/mol. The number of rotatable bonds is 6. The molecule has 2 aromatic carbocycles. The highest BCUT2D eigenvalue weighted by Gasteiger charge is 2.11. The van der Waals surface area contributed by atoms with Crippen LogP contribution >= 0.6 is 0 Å². The van der Waals surface area contributed by atoms with Gasteiger partial charge in [-0.15, -0.1) is 0 Å². The Morgan fingerprint density at radius 1 is 1.12 bits per heavy atom. The fourth-order valence-corrected chi connectivity index (χ4v) is 2.84. The van der Waals surface area contributed by atoms with Crippen LogP contribution in [0.2, 0.25) is 0 Å². The summed E-state index contributed by atoms with van der Waals surface area (Å²) in [6.07, 6.45) is 3.57. The highest BCUT2D eigenvalue weighted by Crippen LogP contribution is 2.30. The number of nitrogens with two attached hydrogens (primary N) is 1. The molecular formula is C21H22N4O. The van der Waals surface area contributed by atoms with Crippen molar-refractivity contribution in [2.75, 3.05) is 17.2 Å². The van der Waals surface area contributed by atoms with E-state index in [4.69, 9.17) is 5.73 Å². The van der Waals surface area contributed by atoms with Crippen molar-refractivity contribution in [3.8, 4) is 0 Å². The number of hydrogen-bond acceptors (Lipinski definition) is 4. The van der Waals surface area contributed by atoms with Gasteiger partial charge in [-0.05, 0) is 48.9 Å². The smallest absolute Gasteiger partial charge is 0.251 e. The van der Waals surface area contributed by atoms with Crippen LogP contribution in [0.25, 0.3) is 0 Å². The van der Waals surface area contributed by atoms with Gasteiger partial charge in [0.05, 0.1) is 23.3 Å². The lowest BCUT2D eigenvalue weighted by Crippen LogP contribution is -2.23. The highest BCUT2D eigenvalue weighted by molar-refractivity contribution is 5.94. The van der Waals surface area contributed by atoms with Gasteiger partial charge in [0.25, 0.3) is 5.91 Å². The molecule has 132 valence electrons. The van der Waals surface area contributed by atoms with Crippen molar-refractivity contribution >= 4 is 23.0 Å². The summed E-state index contributed by atoms with van der Waals surface area (Å²) >= 11 is 0. The van der Waals surface area contributed by atoms with E-state index in [9.17, 15) is 4.79 Å². The zero-order chi connectivity index (χ0) is 18.4. The van der Waals surface area contributed by atoms with Gasteiger partial charge in [-0.3, -0.25) is 9.78 Å². The Morgan fingerprint density at radius 2 is 1.92 bits per heavy atom. The summed E-state index contributed by atoms with van der Waals surface area (Å²) in [5.41, 5.74) is 10.5. The molecule has 0 spiro atoms. The molecule has 0 radical (unpaired) electrons. The number of amides is 1. The van der Waals surface area contributed by atoms with Crippen LogP contribution in [0.3, 0.4) is 0 Å². The topological polar surface area (TPSA) is 71.2 Å². The largest absolute Gasteiger partial charge is 0.397 e. The monoisotopic (exact) mass is 346 g/mol. The molecule has 0 saturated heterocycles. The van der Waals surface area contributed by atoms with Gasteiger partial charge in [0.15, 0.2) is 0 Å². The summed E-state index contributed by atoms with van der Waals surface area (Å²) in [5.74, 6) is -0.0983. The number of anilines is 3. The summed E-state index contributed by atoms with van der Waals surface area (Å²) in [4.78, 5) is 18.4. The van der Waals surface area contributed by atoms with Crippen LogP contribution in [0.15, 0.2) is 73.1 Å². The standard InChI is InChI=1S/C21H22N4O/c1-2-25(18-9-6-12-23-15-18)20-11-10-16(13-19(20)22)14-24-21(26)17-7-4-3-5-8-17/h3-13,15H,2,14,22H2,1H3,(H,24,26). The van der Waals surface area contributed by atoms with Gasteiger partial charge in [-0.25, -0.2) is 0 Å². The molecule has 0 bridgehead atoms. The second kappa shape index (κ2) is 8.16. The molecule has 5 heteroatoms. The first-order valence-corrected chi connectivity index (χ1v) is 8.58. The number of nitrogen functional groups attached to an aromatic ring is 1. The Bertz CT molecular complexity index is 866. The normalized spacial score (nSPS) is 10.3. The molecule has 0 atom stereocenters.